The van der Waals surface area contributed by atoms with Crippen molar-refractivity contribution in [3.05, 3.63) is 101 Å². The van der Waals surface area contributed by atoms with Crippen LogP contribution in [0.3, 0.4) is 0 Å². The Morgan fingerprint density at radius 2 is 1.58 bits per heavy atom. The predicted molar refractivity (Wildman–Crippen MR) is 97.1 cm³/mol. The van der Waals surface area contributed by atoms with E-state index in [0.29, 0.717) is 23.4 Å². The van der Waals surface area contributed by atoms with Gasteiger partial charge in [-0.1, -0.05) is 42.5 Å². The first-order valence-corrected chi connectivity index (χ1v) is 8.17. The van der Waals surface area contributed by atoms with Crippen molar-refractivity contribution in [1.82, 2.24) is 9.72 Å². The summed E-state index contributed by atoms with van der Waals surface area (Å²) in [4.78, 5) is 16.7. The highest BCUT2D eigenvalue weighted by Crippen LogP contribution is 2.30. The largest absolute Gasteiger partial charge is 0.365 e. The zero-order chi connectivity index (χ0) is 17.9. The summed E-state index contributed by atoms with van der Waals surface area (Å²) in [6.45, 7) is 0.412. The predicted octanol–water partition coefficient (Wildman–Crippen LogP) is 4.36. The molecule has 0 saturated heterocycles. The summed E-state index contributed by atoms with van der Waals surface area (Å²) in [6.07, 6.45) is 3.32. The Hall–Kier alpha value is -3.47. The summed E-state index contributed by atoms with van der Waals surface area (Å²) in [5.41, 5.74) is 3.02. The fourth-order valence-corrected chi connectivity index (χ4v) is 2.94. The molecule has 0 aliphatic carbocycles. The van der Waals surface area contributed by atoms with E-state index in [1.165, 1.54) is 12.1 Å². The van der Waals surface area contributed by atoms with Gasteiger partial charge in [0.1, 0.15) is 5.82 Å². The van der Waals surface area contributed by atoms with E-state index in [2.05, 4.69) is 4.98 Å². The standard InChI is InChI=1S/C21H15FN2O2/c22-18-8-6-16(7-9-18)19-20(17-10-12-23-13-11-17)24(26-21(19)25)14-15-4-2-1-3-5-15/h1-13H,14H2. The summed E-state index contributed by atoms with van der Waals surface area (Å²) in [6, 6.07) is 19.2. The van der Waals surface area contributed by atoms with Crippen molar-refractivity contribution in [2.24, 2.45) is 0 Å². The van der Waals surface area contributed by atoms with E-state index in [0.717, 1.165) is 11.1 Å². The van der Waals surface area contributed by atoms with Crippen LogP contribution in [0, 0.1) is 5.82 Å². The molecule has 4 aromatic rings. The van der Waals surface area contributed by atoms with Gasteiger partial charge in [-0.3, -0.25) is 4.98 Å². The molecule has 4 nitrogen and oxygen atoms in total. The van der Waals surface area contributed by atoms with Crippen LogP contribution in [0.1, 0.15) is 5.56 Å². The average Bonchev–Trinajstić information content (AvgIpc) is 3.00. The minimum Gasteiger partial charge on any atom is -0.335 e. The van der Waals surface area contributed by atoms with Gasteiger partial charge in [0.2, 0.25) is 0 Å². The smallest absolute Gasteiger partial charge is 0.335 e. The summed E-state index contributed by atoms with van der Waals surface area (Å²) in [5, 5.41) is 0. The minimum absolute atomic E-state index is 0.354. The Labute approximate surface area is 149 Å². The van der Waals surface area contributed by atoms with Crippen LogP contribution in [-0.2, 0) is 6.54 Å². The SMILES string of the molecule is O=c1on(Cc2ccccc2)c(-c2ccncc2)c1-c1ccc(F)cc1. The zero-order valence-corrected chi connectivity index (χ0v) is 13.8. The number of benzene rings is 2. The van der Waals surface area contributed by atoms with Crippen LogP contribution < -0.4 is 5.63 Å². The molecule has 0 unspecified atom stereocenters. The molecule has 4 rings (SSSR count). The van der Waals surface area contributed by atoms with Crippen LogP contribution in [0.4, 0.5) is 4.39 Å². The third-order valence-corrected chi connectivity index (χ3v) is 4.14. The fraction of sp³-hybridized carbons (Fsp3) is 0.0476. The van der Waals surface area contributed by atoms with Gasteiger partial charge in [0.15, 0.2) is 0 Å². The molecule has 0 amide bonds. The third kappa shape index (κ3) is 3.07. The summed E-state index contributed by atoms with van der Waals surface area (Å²) >= 11 is 0. The van der Waals surface area contributed by atoms with Crippen LogP contribution in [0.25, 0.3) is 22.4 Å². The second-order valence-corrected chi connectivity index (χ2v) is 5.87. The quantitative estimate of drug-likeness (QED) is 0.552. The molecule has 2 aromatic heterocycles. The van der Waals surface area contributed by atoms with Gasteiger partial charge >= 0.3 is 5.63 Å². The fourth-order valence-electron chi connectivity index (χ4n) is 2.94. The summed E-state index contributed by atoms with van der Waals surface area (Å²) in [7, 11) is 0. The van der Waals surface area contributed by atoms with Crippen molar-refractivity contribution in [1.29, 1.82) is 0 Å². The van der Waals surface area contributed by atoms with Crippen molar-refractivity contribution < 1.29 is 8.91 Å². The Kier molecular flexibility index (Phi) is 4.19. The normalized spacial score (nSPS) is 10.8. The van der Waals surface area contributed by atoms with Crippen molar-refractivity contribution in [3.63, 3.8) is 0 Å². The van der Waals surface area contributed by atoms with Crippen LogP contribution in [-0.4, -0.2) is 9.72 Å². The molecule has 0 atom stereocenters. The van der Waals surface area contributed by atoms with Gasteiger partial charge in [0.05, 0.1) is 17.8 Å². The molecule has 128 valence electrons. The van der Waals surface area contributed by atoms with E-state index < -0.39 is 5.63 Å². The molecule has 0 spiro atoms. The minimum atomic E-state index is -0.459. The van der Waals surface area contributed by atoms with E-state index in [-0.39, 0.29) is 5.82 Å². The highest BCUT2D eigenvalue weighted by atomic mass is 19.1. The topological polar surface area (TPSA) is 48.0 Å². The van der Waals surface area contributed by atoms with Crippen molar-refractivity contribution in [3.8, 4) is 22.4 Å². The van der Waals surface area contributed by atoms with E-state index in [9.17, 15) is 9.18 Å². The van der Waals surface area contributed by atoms with Gasteiger partial charge in [-0.15, -0.1) is 0 Å². The number of rotatable bonds is 4. The van der Waals surface area contributed by atoms with Gasteiger partial charge in [-0.2, -0.15) is 0 Å². The lowest BCUT2D eigenvalue weighted by Gasteiger charge is -2.09. The van der Waals surface area contributed by atoms with Gasteiger partial charge in [-0.05, 0) is 35.4 Å². The second-order valence-electron chi connectivity index (χ2n) is 5.87. The number of halogens is 1. The van der Waals surface area contributed by atoms with Crippen LogP contribution in [0.5, 0.6) is 0 Å². The molecule has 2 aromatic carbocycles. The molecule has 0 radical (unpaired) electrons. The van der Waals surface area contributed by atoms with E-state index in [1.807, 2.05) is 42.5 Å². The third-order valence-electron chi connectivity index (χ3n) is 4.14. The highest BCUT2D eigenvalue weighted by molar-refractivity contribution is 5.80. The van der Waals surface area contributed by atoms with Crippen LogP contribution in [0.2, 0.25) is 0 Å². The Morgan fingerprint density at radius 1 is 0.885 bits per heavy atom. The van der Waals surface area contributed by atoms with Gasteiger partial charge in [0, 0.05) is 18.0 Å². The lowest BCUT2D eigenvalue weighted by atomic mass is 10.0. The number of nitrogens with zero attached hydrogens (tertiary/aromatic N) is 2. The van der Waals surface area contributed by atoms with Crippen LogP contribution in [0.15, 0.2) is 88.4 Å². The zero-order valence-electron chi connectivity index (χ0n) is 13.8. The maximum atomic E-state index is 13.3. The molecule has 0 aliphatic rings. The summed E-state index contributed by atoms with van der Waals surface area (Å²) in [5.74, 6) is -0.354. The molecular formula is C21H15FN2O2. The number of hydrogen-bond donors (Lipinski definition) is 0. The highest BCUT2D eigenvalue weighted by Gasteiger charge is 2.20. The molecule has 26 heavy (non-hydrogen) atoms. The van der Waals surface area contributed by atoms with Gasteiger partial charge in [0.25, 0.3) is 0 Å². The van der Waals surface area contributed by atoms with E-state index >= 15 is 0 Å². The summed E-state index contributed by atoms with van der Waals surface area (Å²) < 4.78 is 20.4. The average molecular weight is 346 g/mol. The lowest BCUT2D eigenvalue weighted by molar-refractivity contribution is 0.270. The van der Waals surface area contributed by atoms with Crippen molar-refractivity contribution in [2.45, 2.75) is 6.54 Å². The van der Waals surface area contributed by atoms with Crippen molar-refractivity contribution >= 4 is 0 Å². The van der Waals surface area contributed by atoms with Crippen LogP contribution >= 0.6 is 0 Å². The molecular weight excluding hydrogens is 331 g/mol. The van der Waals surface area contributed by atoms with E-state index in [4.69, 9.17) is 4.52 Å². The second kappa shape index (κ2) is 6.80. The van der Waals surface area contributed by atoms with Crippen molar-refractivity contribution in [2.75, 3.05) is 0 Å². The first-order chi connectivity index (χ1) is 12.7. The molecule has 0 N–H and O–H groups in total. The first kappa shape index (κ1) is 16.0. The molecule has 5 heteroatoms. The Morgan fingerprint density at radius 3 is 2.27 bits per heavy atom. The maximum Gasteiger partial charge on any atom is 0.365 e. The Bertz CT molecular complexity index is 1070. The Balaban J connectivity index is 1.91. The molecule has 2 heterocycles. The molecule has 0 aliphatic heterocycles. The van der Waals surface area contributed by atoms with Gasteiger partial charge < -0.3 is 4.52 Å². The molecule has 0 fully saturated rings. The van der Waals surface area contributed by atoms with Gasteiger partial charge in [-0.25, -0.2) is 13.9 Å². The lowest BCUT2D eigenvalue weighted by Crippen LogP contribution is -2.01. The van der Waals surface area contributed by atoms with E-state index in [1.54, 1.807) is 29.3 Å². The monoisotopic (exact) mass is 346 g/mol. The maximum absolute atomic E-state index is 13.3. The number of aromatic nitrogens is 2. The molecule has 0 saturated carbocycles. The molecule has 0 bridgehead atoms. The number of hydrogen-bond acceptors (Lipinski definition) is 3. The number of pyridine rings is 1. The first-order valence-electron chi connectivity index (χ1n) is 8.17.